The Labute approximate surface area is 113 Å². The molecule has 0 N–H and O–H groups in total. The summed E-state index contributed by atoms with van der Waals surface area (Å²) in [6.45, 7) is 4.70. The van der Waals surface area contributed by atoms with Crippen LogP contribution in [0.15, 0.2) is 36.4 Å². The molecule has 2 nitrogen and oxygen atoms in total. The Balaban J connectivity index is 1.80. The molecule has 0 aromatic heterocycles. The monoisotopic (exact) mass is 252 g/mol. The zero-order chi connectivity index (χ0) is 12.7. The van der Waals surface area contributed by atoms with E-state index in [0.717, 1.165) is 13.1 Å². The van der Waals surface area contributed by atoms with Crippen LogP contribution < -0.4 is 0 Å². The molecule has 19 heavy (non-hydrogen) atoms. The second-order valence-corrected chi connectivity index (χ2v) is 6.69. The molecule has 4 heterocycles. The molecule has 1 aromatic carbocycles. The lowest BCUT2D eigenvalue weighted by Gasteiger charge is -2.30. The summed E-state index contributed by atoms with van der Waals surface area (Å²) in [5.74, 6) is 0. The minimum Gasteiger partial charge on any atom is -0.352 e. The van der Waals surface area contributed by atoms with E-state index in [0.29, 0.717) is 6.10 Å². The second kappa shape index (κ2) is 3.01. The van der Waals surface area contributed by atoms with Gasteiger partial charge in [0.1, 0.15) is 6.54 Å². The first-order chi connectivity index (χ1) is 9.22. The van der Waals surface area contributed by atoms with Gasteiger partial charge in [-0.25, -0.2) is 4.58 Å². The van der Waals surface area contributed by atoms with Crippen molar-refractivity contribution in [3.63, 3.8) is 0 Å². The van der Waals surface area contributed by atoms with Gasteiger partial charge in [0.15, 0.2) is 12.1 Å². The fourth-order valence-electron chi connectivity index (χ4n) is 4.73. The molecule has 96 valence electrons. The molecule has 4 aliphatic rings. The number of hydrogen-bond donors (Lipinski definition) is 0. The average molecular weight is 252 g/mol. The van der Waals surface area contributed by atoms with Gasteiger partial charge in [-0.1, -0.05) is 24.3 Å². The SMILES string of the molecule is CC12CC3C=CC1(O3)C1=[N+](CCc3ccccc31)C2. The number of hydrogen-bond acceptors (Lipinski definition) is 1. The van der Waals surface area contributed by atoms with Crippen molar-refractivity contribution in [2.45, 2.75) is 31.5 Å². The minimum atomic E-state index is -0.145. The van der Waals surface area contributed by atoms with Gasteiger partial charge in [0.05, 0.1) is 11.5 Å². The van der Waals surface area contributed by atoms with Crippen LogP contribution in [0, 0.1) is 5.41 Å². The van der Waals surface area contributed by atoms with E-state index in [1.807, 2.05) is 0 Å². The second-order valence-electron chi connectivity index (χ2n) is 6.69. The predicted octanol–water partition coefficient (Wildman–Crippen LogP) is 2.16. The predicted molar refractivity (Wildman–Crippen MR) is 73.7 cm³/mol. The van der Waals surface area contributed by atoms with Crippen LogP contribution in [0.1, 0.15) is 24.5 Å². The van der Waals surface area contributed by atoms with Gasteiger partial charge >= 0.3 is 0 Å². The molecule has 3 atom stereocenters. The molecule has 1 saturated heterocycles. The van der Waals surface area contributed by atoms with Crippen molar-refractivity contribution in [2.24, 2.45) is 5.41 Å². The maximum absolute atomic E-state index is 6.42. The van der Waals surface area contributed by atoms with Crippen molar-refractivity contribution in [3.05, 3.63) is 47.5 Å². The Morgan fingerprint density at radius 2 is 2.21 bits per heavy atom. The van der Waals surface area contributed by atoms with E-state index < -0.39 is 0 Å². The molecule has 1 fully saturated rings. The summed E-state index contributed by atoms with van der Waals surface area (Å²) >= 11 is 0. The van der Waals surface area contributed by atoms with Gasteiger partial charge in [-0.15, -0.1) is 0 Å². The Morgan fingerprint density at radius 3 is 3.11 bits per heavy atom. The fourth-order valence-corrected chi connectivity index (χ4v) is 4.73. The van der Waals surface area contributed by atoms with Crippen LogP contribution in [-0.4, -0.2) is 35.1 Å². The summed E-state index contributed by atoms with van der Waals surface area (Å²) < 4.78 is 9.00. The van der Waals surface area contributed by atoms with Gasteiger partial charge < -0.3 is 4.74 Å². The highest BCUT2D eigenvalue weighted by Gasteiger charge is 2.70. The molecule has 4 aliphatic heterocycles. The van der Waals surface area contributed by atoms with E-state index in [1.54, 1.807) is 0 Å². The van der Waals surface area contributed by atoms with Crippen molar-refractivity contribution < 1.29 is 9.31 Å². The lowest BCUT2D eigenvalue weighted by atomic mass is 9.68. The molecule has 2 heteroatoms. The van der Waals surface area contributed by atoms with Crippen LogP contribution in [0.2, 0.25) is 0 Å². The third-order valence-corrected chi connectivity index (χ3v) is 5.56. The van der Waals surface area contributed by atoms with Crippen LogP contribution in [0.3, 0.4) is 0 Å². The molecular formula is C17H18NO+. The van der Waals surface area contributed by atoms with Gasteiger partial charge in [0.25, 0.3) is 0 Å². The van der Waals surface area contributed by atoms with Crippen molar-refractivity contribution in [1.29, 1.82) is 0 Å². The van der Waals surface area contributed by atoms with Crippen molar-refractivity contribution >= 4 is 5.71 Å². The van der Waals surface area contributed by atoms with E-state index >= 15 is 0 Å². The summed E-state index contributed by atoms with van der Waals surface area (Å²) in [7, 11) is 0. The average Bonchev–Trinajstić information content (AvgIpc) is 3.01. The van der Waals surface area contributed by atoms with E-state index in [1.165, 1.54) is 29.7 Å². The third kappa shape index (κ3) is 1.03. The van der Waals surface area contributed by atoms with Crippen LogP contribution >= 0.6 is 0 Å². The summed E-state index contributed by atoms with van der Waals surface area (Å²) in [6.07, 6.45) is 7.30. The lowest BCUT2D eigenvalue weighted by molar-refractivity contribution is -0.531. The van der Waals surface area contributed by atoms with Crippen molar-refractivity contribution in [2.75, 3.05) is 13.1 Å². The van der Waals surface area contributed by atoms with Crippen LogP contribution in [0.5, 0.6) is 0 Å². The van der Waals surface area contributed by atoms with Crippen LogP contribution in [0.4, 0.5) is 0 Å². The van der Waals surface area contributed by atoms with Crippen molar-refractivity contribution in [1.82, 2.24) is 0 Å². The first kappa shape index (κ1) is 10.4. The van der Waals surface area contributed by atoms with Gasteiger partial charge in [-0.3, -0.25) is 0 Å². The zero-order valence-corrected chi connectivity index (χ0v) is 11.2. The molecule has 0 amide bonds. The Kier molecular flexibility index (Phi) is 1.65. The van der Waals surface area contributed by atoms with Gasteiger partial charge in [-0.05, 0) is 31.1 Å². The first-order valence-corrected chi connectivity index (χ1v) is 7.30. The Bertz CT molecular complexity index is 659. The molecule has 1 aromatic rings. The number of nitrogens with zero attached hydrogens (tertiary/aromatic N) is 1. The fraction of sp³-hybridized carbons (Fsp3) is 0.471. The summed E-state index contributed by atoms with van der Waals surface area (Å²) in [4.78, 5) is 0. The minimum absolute atomic E-state index is 0.145. The van der Waals surface area contributed by atoms with E-state index in [4.69, 9.17) is 4.74 Å². The van der Waals surface area contributed by atoms with Gasteiger partial charge in [0.2, 0.25) is 5.71 Å². The zero-order valence-electron chi connectivity index (χ0n) is 11.2. The normalized spacial score (nSPS) is 41.4. The highest BCUT2D eigenvalue weighted by atomic mass is 16.5. The van der Waals surface area contributed by atoms with E-state index in [-0.39, 0.29) is 11.0 Å². The topological polar surface area (TPSA) is 12.2 Å². The number of benzene rings is 1. The smallest absolute Gasteiger partial charge is 0.220 e. The molecule has 1 spiro atoms. The summed E-state index contributed by atoms with van der Waals surface area (Å²) in [5, 5.41) is 0. The maximum Gasteiger partial charge on any atom is 0.220 e. The van der Waals surface area contributed by atoms with E-state index in [9.17, 15) is 0 Å². The summed E-state index contributed by atoms with van der Waals surface area (Å²) in [5.41, 5.74) is 4.46. The third-order valence-electron chi connectivity index (χ3n) is 5.56. The first-order valence-electron chi connectivity index (χ1n) is 7.30. The maximum atomic E-state index is 6.42. The molecule has 0 saturated carbocycles. The van der Waals surface area contributed by atoms with Gasteiger partial charge in [0, 0.05) is 12.0 Å². The van der Waals surface area contributed by atoms with E-state index in [2.05, 4.69) is 47.9 Å². The Morgan fingerprint density at radius 1 is 1.32 bits per heavy atom. The highest BCUT2D eigenvalue weighted by Crippen LogP contribution is 2.57. The van der Waals surface area contributed by atoms with Crippen molar-refractivity contribution in [3.8, 4) is 0 Å². The number of fused-ring (bicyclic) bond motifs is 3. The molecular weight excluding hydrogens is 234 g/mol. The lowest BCUT2D eigenvalue weighted by Crippen LogP contribution is -2.46. The standard InChI is InChI=1S/C17H18NO/c1-16-10-13-6-8-17(16,19-13)15-14-5-3-2-4-12(14)7-9-18(15)11-16/h2-6,8,13H,7,9-11H2,1H3/q+1. The molecule has 2 bridgehead atoms. The quantitative estimate of drug-likeness (QED) is 0.509. The Hall–Kier alpha value is -1.41. The number of ether oxygens (including phenoxy) is 1. The van der Waals surface area contributed by atoms with Gasteiger partial charge in [-0.2, -0.15) is 0 Å². The highest BCUT2D eigenvalue weighted by molar-refractivity contribution is 6.08. The molecule has 5 rings (SSSR count). The van der Waals surface area contributed by atoms with Crippen LogP contribution in [-0.2, 0) is 11.2 Å². The number of rotatable bonds is 0. The molecule has 0 aliphatic carbocycles. The molecule has 3 unspecified atom stereocenters. The largest absolute Gasteiger partial charge is 0.352 e. The van der Waals surface area contributed by atoms with Crippen LogP contribution in [0.25, 0.3) is 0 Å². The summed E-state index contributed by atoms with van der Waals surface area (Å²) in [6, 6.07) is 8.87. The molecule has 0 radical (unpaired) electrons.